The van der Waals surface area contributed by atoms with Crippen LogP contribution in [0.5, 0.6) is 5.75 Å². The van der Waals surface area contributed by atoms with E-state index in [-0.39, 0.29) is 18.9 Å². The van der Waals surface area contributed by atoms with Crippen LogP contribution in [-0.4, -0.2) is 34.0 Å². The number of carboxylic acids is 1. The molecule has 3 aromatic carbocycles. The van der Waals surface area contributed by atoms with Gasteiger partial charge in [0.05, 0.1) is 6.42 Å². The Morgan fingerprint density at radius 2 is 1.78 bits per heavy atom. The fourth-order valence-corrected chi connectivity index (χ4v) is 5.12. The number of benzene rings is 3. The number of hydrogen-bond donors (Lipinski definition) is 1. The molecule has 1 heterocycles. The van der Waals surface area contributed by atoms with E-state index < -0.39 is 11.6 Å². The number of carbonyl (C=O) groups is 2. The van der Waals surface area contributed by atoms with Gasteiger partial charge in [-0.1, -0.05) is 61.3 Å². The number of aliphatic carboxylic acids is 1. The first-order valence-electron chi connectivity index (χ1n) is 12.9. The van der Waals surface area contributed by atoms with Gasteiger partial charge < -0.3 is 14.7 Å². The molecule has 0 aliphatic carbocycles. The molecule has 3 aromatic rings. The van der Waals surface area contributed by atoms with E-state index >= 15 is 0 Å². The van der Waals surface area contributed by atoms with Gasteiger partial charge in [0.1, 0.15) is 11.4 Å². The van der Waals surface area contributed by atoms with E-state index in [0.29, 0.717) is 30.0 Å². The van der Waals surface area contributed by atoms with Crippen LogP contribution in [0.25, 0.3) is 0 Å². The quantitative estimate of drug-likeness (QED) is 0.305. The van der Waals surface area contributed by atoms with Crippen molar-refractivity contribution in [3.8, 4) is 5.75 Å². The zero-order valence-corrected chi connectivity index (χ0v) is 22.3. The average molecular weight is 520 g/mol. The van der Waals surface area contributed by atoms with E-state index in [2.05, 4.69) is 26.0 Å². The molecule has 0 saturated heterocycles. The van der Waals surface area contributed by atoms with Crippen molar-refractivity contribution < 1.29 is 19.4 Å². The molecule has 1 aliphatic rings. The molecule has 0 saturated carbocycles. The summed E-state index contributed by atoms with van der Waals surface area (Å²) < 4.78 is 6.30. The predicted molar refractivity (Wildman–Crippen MR) is 146 cm³/mol. The Hall–Kier alpha value is -3.31. The second-order valence-corrected chi connectivity index (χ2v) is 10.6. The van der Waals surface area contributed by atoms with Gasteiger partial charge in [-0.05, 0) is 72.4 Å². The molecule has 0 aromatic heterocycles. The number of ether oxygens (including phenoxy) is 1. The fourth-order valence-electron chi connectivity index (χ4n) is 4.91. The van der Waals surface area contributed by atoms with Crippen molar-refractivity contribution in [2.24, 2.45) is 0 Å². The number of carboxylic acid groups (broad SMARTS) is 1. The van der Waals surface area contributed by atoms with Gasteiger partial charge in [0.25, 0.3) is 5.91 Å². The lowest BCUT2D eigenvalue weighted by Crippen LogP contribution is -2.33. The van der Waals surface area contributed by atoms with E-state index in [1.54, 1.807) is 11.0 Å². The highest BCUT2D eigenvalue weighted by atomic mass is 35.5. The second kappa shape index (κ2) is 11.8. The summed E-state index contributed by atoms with van der Waals surface area (Å²) in [5, 5.41) is 9.96. The third-order valence-corrected chi connectivity index (χ3v) is 7.03. The number of nitrogens with zero attached hydrogens (tertiary/aromatic N) is 1. The van der Waals surface area contributed by atoms with Gasteiger partial charge in [0.15, 0.2) is 0 Å². The summed E-state index contributed by atoms with van der Waals surface area (Å²) in [6.07, 6.45) is 4.58. The summed E-state index contributed by atoms with van der Waals surface area (Å²) in [6.45, 7) is 4.75. The number of fused-ring (bicyclic) bond motifs is 1. The van der Waals surface area contributed by atoms with Gasteiger partial charge in [-0.2, -0.15) is 0 Å². The first-order valence-corrected chi connectivity index (χ1v) is 13.3. The zero-order chi connectivity index (χ0) is 26.4. The van der Waals surface area contributed by atoms with Gasteiger partial charge >= 0.3 is 5.97 Å². The van der Waals surface area contributed by atoms with Crippen LogP contribution in [0.15, 0.2) is 66.7 Å². The Kier molecular flexibility index (Phi) is 8.55. The minimum atomic E-state index is -0.924. The lowest BCUT2D eigenvalue weighted by atomic mass is 9.91. The molecule has 37 heavy (non-hydrogen) atoms. The maximum atomic E-state index is 13.5. The SMILES string of the molecule is CCCCc1ccc(CN(CCC(=O)O)C(=O)c2ccc3c(c2)C[C@](C)(Cc2cccc(Cl)c2)O3)cc1. The monoisotopic (exact) mass is 519 g/mol. The number of rotatable bonds is 11. The minimum Gasteiger partial charge on any atom is -0.487 e. The molecule has 0 spiro atoms. The summed E-state index contributed by atoms with van der Waals surface area (Å²) in [6, 6.07) is 21.5. The van der Waals surface area contributed by atoms with Crippen molar-refractivity contribution in [1.29, 1.82) is 0 Å². The molecule has 1 N–H and O–H groups in total. The maximum absolute atomic E-state index is 13.5. The van der Waals surface area contributed by atoms with Gasteiger partial charge in [0, 0.05) is 36.5 Å². The highest BCUT2D eigenvalue weighted by Gasteiger charge is 2.35. The molecule has 1 aliphatic heterocycles. The predicted octanol–water partition coefficient (Wildman–Crippen LogP) is 6.74. The number of aryl methyl sites for hydroxylation is 1. The highest BCUT2D eigenvalue weighted by Crippen LogP contribution is 2.38. The van der Waals surface area contributed by atoms with E-state index in [1.807, 2.05) is 48.5 Å². The van der Waals surface area contributed by atoms with Crippen molar-refractivity contribution >= 4 is 23.5 Å². The van der Waals surface area contributed by atoms with Gasteiger partial charge in [-0.3, -0.25) is 9.59 Å². The normalized spacial score (nSPS) is 16.2. The van der Waals surface area contributed by atoms with Crippen molar-refractivity contribution in [1.82, 2.24) is 4.90 Å². The average Bonchev–Trinajstić information content (AvgIpc) is 3.20. The van der Waals surface area contributed by atoms with E-state index in [4.69, 9.17) is 16.3 Å². The zero-order valence-electron chi connectivity index (χ0n) is 21.5. The molecule has 6 heteroatoms. The standard InChI is InChI=1S/C31H34ClNO4/c1-3-4-6-22-9-11-23(12-10-22)21-33(16-15-29(34)35)30(36)25-13-14-28-26(18-25)20-31(2,37-28)19-24-7-5-8-27(32)17-24/h5,7-14,17-18H,3-4,6,15-16,19-21H2,1-2H3,(H,34,35)/t31-/m0/s1. The Balaban J connectivity index is 1.49. The van der Waals surface area contributed by atoms with Crippen LogP contribution in [0.1, 0.15) is 65.7 Å². The Labute approximate surface area is 224 Å². The second-order valence-electron chi connectivity index (χ2n) is 10.1. The molecule has 194 valence electrons. The number of carbonyl (C=O) groups excluding carboxylic acids is 1. The first-order chi connectivity index (χ1) is 17.7. The smallest absolute Gasteiger partial charge is 0.305 e. The fraction of sp³-hybridized carbons (Fsp3) is 0.355. The number of halogens is 1. The molecule has 4 rings (SSSR count). The number of amides is 1. The van der Waals surface area contributed by atoms with E-state index in [9.17, 15) is 14.7 Å². The summed E-state index contributed by atoms with van der Waals surface area (Å²) >= 11 is 6.16. The lowest BCUT2D eigenvalue weighted by molar-refractivity contribution is -0.137. The molecule has 5 nitrogen and oxygen atoms in total. The third kappa shape index (κ3) is 7.14. The van der Waals surface area contributed by atoms with Gasteiger partial charge in [0.2, 0.25) is 0 Å². The summed E-state index contributed by atoms with van der Waals surface area (Å²) in [7, 11) is 0. The summed E-state index contributed by atoms with van der Waals surface area (Å²) in [5.41, 5.74) is 4.44. The maximum Gasteiger partial charge on any atom is 0.305 e. The van der Waals surface area contributed by atoms with Crippen LogP contribution in [0.2, 0.25) is 5.02 Å². The van der Waals surface area contributed by atoms with E-state index in [0.717, 1.165) is 41.7 Å². The molecular weight excluding hydrogens is 486 g/mol. The van der Waals surface area contributed by atoms with Crippen LogP contribution in [0.3, 0.4) is 0 Å². The molecular formula is C31H34ClNO4. The van der Waals surface area contributed by atoms with Crippen LogP contribution in [0, 0.1) is 0 Å². The third-order valence-electron chi connectivity index (χ3n) is 6.79. The Morgan fingerprint density at radius 1 is 1.03 bits per heavy atom. The van der Waals surface area contributed by atoms with Crippen molar-refractivity contribution in [3.05, 3.63) is 99.6 Å². The van der Waals surface area contributed by atoms with E-state index in [1.165, 1.54) is 5.56 Å². The molecule has 1 atom stereocenters. The minimum absolute atomic E-state index is 0.105. The van der Waals surface area contributed by atoms with Gasteiger partial charge in [-0.15, -0.1) is 0 Å². The van der Waals surface area contributed by atoms with Crippen molar-refractivity contribution in [3.63, 3.8) is 0 Å². The lowest BCUT2D eigenvalue weighted by Gasteiger charge is -2.24. The molecule has 1 amide bonds. The Bertz CT molecular complexity index is 1260. The first kappa shape index (κ1) is 26.7. The number of unbranched alkanes of at least 4 members (excludes halogenated alkanes) is 1. The molecule has 0 radical (unpaired) electrons. The van der Waals surface area contributed by atoms with Crippen molar-refractivity contribution in [2.75, 3.05) is 6.54 Å². The van der Waals surface area contributed by atoms with Crippen molar-refractivity contribution in [2.45, 2.75) is 64.5 Å². The van der Waals surface area contributed by atoms with Crippen LogP contribution in [0.4, 0.5) is 0 Å². The largest absolute Gasteiger partial charge is 0.487 e. The Morgan fingerprint density at radius 3 is 2.49 bits per heavy atom. The van der Waals surface area contributed by atoms with Gasteiger partial charge in [-0.25, -0.2) is 0 Å². The molecule has 0 fully saturated rings. The van der Waals surface area contributed by atoms with Crippen LogP contribution >= 0.6 is 11.6 Å². The molecule has 0 bridgehead atoms. The molecule has 0 unspecified atom stereocenters. The highest BCUT2D eigenvalue weighted by molar-refractivity contribution is 6.30. The number of hydrogen-bond acceptors (Lipinski definition) is 3. The summed E-state index contributed by atoms with van der Waals surface area (Å²) in [5.74, 6) is -0.324. The van der Waals surface area contributed by atoms with Crippen LogP contribution < -0.4 is 4.74 Å². The topological polar surface area (TPSA) is 66.8 Å². The van der Waals surface area contributed by atoms with Crippen LogP contribution in [-0.2, 0) is 30.6 Å². The summed E-state index contributed by atoms with van der Waals surface area (Å²) in [4.78, 5) is 26.5.